The Morgan fingerprint density at radius 1 is 1.31 bits per heavy atom. The van der Waals surface area contributed by atoms with Gasteiger partial charge < -0.3 is 21.5 Å². The van der Waals surface area contributed by atoms with Gasteiger partial charge in [-0.2, -0.15) is 0 Å². The molecule has 0 aromatic heterocycles. The molecule has 1 aromatic rings. The monoisotopic (exact) mass is 221 g/mol. The molecule has 0 bridgehead atoms. The van der Waals surface area contributed by atoms with Crippen LogP contribution in [0.5, 0.6) is 5.75 Å². The molecule has 0 saturated carbocycles. The van der Waals surface area contributed by atoms with Crippen molar-refractivity contribution in [2.45, 2.75) is 12.8 Å². The molecule has 1 aliphatic heterocycles. The van der Waals surface area contributed by atoms with Crippen LogP contribution in [0.1, 0.15) is 12.8 Å². The molecular formula is C12H19N3O. The van der Waals surface area contributed by atoms with Gasteiger partial charge in [-0.15, -0.1) is 0 Å². The van der Waals surface area contributed by atoms with Gasteiger partial charge in [0.2, 0.25) is 0 Å². The van der Waals surface area contributed by atoms with E-state index in [0.717, 1.165) is 37.8 Å². The van der Waals surface area contributed by atoms with Crippen molar-refractivity contribution in [1.29, 1.82) is 0 Å². The summed E-state index contributed by atoms with van der Waals surface area (Å²) in [5, 5.41) is 3.35. The normalized spacial score (nSPS) is 19.9. The van der Waals surface area contributed by atoms with Gasteiger partial charge in [0.15, 0.2) is 0 Å². The summed E-state index contributed by atoms with van der Waals surface area (Å²) < 4.78 is 5.64. The van der Waals surface area contributed by atoms with Crippen LogP contribution in [-0.2, 0) is 0 Å². The highest BCUT2D eigenvalue weighted by Gasteiger charge is 2.13. The van der Waals surface area contributed by atoms with Crippen LogP contribution < -0.4 is 21.5 Å². The minimum Gasteiger partial charge on any atom is -0.494 e. The molecule has 88 valence electrons. The lowest BCUT2D eigenvalue weighted by molar-refractivity contribution is 0.284. The lowest BCUT2D eigenvalue weighted by Crippen LogP contribution is -2.11. The number of benzene rings is 1. The zero-order chi connectivity index (χ0) is 11.4. The third-order valence-electron chi connectivity index (χ3n) is 3.02. The van der Waals surface area contributed by atoms with Crippen LogP contribution in [-0.4, -0.2) is 19.7 Å². The summed E-state index contributed by atoms with van der Waals surface area (Å²) in [4.78, 5) is 0. The summed E-state index contributed by atoms with van der Waals surface area (Å²) in [6.45, 7) is 3.00. The summed E-state index contributed by atoms with van der Waals surface area (Å²) in [5.41, 5.74) is 12.5. The van der Waals surface area contributed by atoms with Crippen molar-refractivity contribution < 1.29 is 4.74 Å². The molecule has 1 saturated heterocycles. The summed E-state index contributed by atoms with van der Waals surface area (Å²) in [5.74, 6) is 1.56. The van der Waals surface area contributed by atoms with E-state index in [1.165, 1.54) is 6.42 Å². The fourth-order valence-electron chi connectivity index (χ4n) is 1.95. The second-order valence-corrected chi connectivity index (χ2v) is 4.29. The van der Waals surface area contributed by atoms with Crippen LogP contribution in [0, 0.1) is 5.92 Å². The molecule has 1 aliphatic rings. The Kier molecular flexibility index (Phi) is 3.51. The van der Waals surface area contributed by atoms with Gasteiger partial charge in [-0.1, -0.05) is 0 Å². The van der Waals surface area contributed by atoms with Gasteiger partial charge in [0, 0.05) is 6.07 Å². The Hall–Kier alpha value is -1.42. The first-order valence-electron chi connectivity index (χ1n) is 5.74. The van der Waals surface area contributed by atoms with E-state index in [4.69, 9.17) is 16.2 Å². The zero-order valence-electron chi connectivity index (χ0n) is 9.41. The predicted molar refractivity (Wildman–Crippen MR) is 66.4 cm³/mol. The smallest absolute Gasteiger partial charge is 0.121 e. The van der Waals surface area contributed by atoms with Gasteiger partial charge in [0.25, 0.3) is 0 Å². The largest absolute Gasteiger partial charge is 0.494 e. The number of nitrogens with two attached hydrogens (primary N) is 2. The number of hydrogen-bond acceptors (Lipinski definition) is 4. The van der Waals surface area contributed by atoms with E-state index in [9.17, 15) is 0 Å². The molecule has 1 aromatic carbocycles. The van der Waals surface area contributed by atoms with Crippen molar-refractivity contribution in [3.63, 3.8) is 0 Å². The number of anilines is 2. The van der Waals surface area contributed by atoms with Gasteiger partial charge >= 0.3 is 0 Å². The first-order valence-corrected chi connectivity index (χ1v) is 5.74. The van der Waals surface area contributed by atoms with Crippen molar-refractivity contribution in [3.05, 3.63) is 18.2 Å². The third kappa shape index (κ3) is 2.79. The van der Waals surface area contributed by atoms with Crippen molar-refractivity contribution >= 4 is 11.4 Å². The second kappa shape index (κ2) is 5.07. The minimum atomic E-state index is 0.583. The second-order valence-electron chi connectivity index (χ2n) is 4.29. The van der Waals surface area contributed by atoms with Crippen molar-refractivity contribution in [3.8, 4) is 5.75 Å². The minimum absolute atomic E-state index is 0.583. The van der Waals surface area contributed by atoms with Gasteiger partial charge in [0.1, 0.15) is 5.75 Å². The van der Waals surface area contributed by atoms with E-state index in [2.05, 4.69) is 5.32 Å². The molecule has 4 nitrogen and oxygen atoms in total. The molecule has 0 amide bonds. The molecule has 1 atom stereocenters. The molecule has 4 heteroatoms. The van der Waals surface area contributed by atoms with Gasteiger partial charge in [-0.25, -0.2) is 0 Å². The van der Waals surface area contributed by atoms with E-state index in [0.29, 0.717) is 11.4 Å². The van der Waals surface area contributed by atoms with Crippen molar-refractivity contribution in [2.24, 2.45) is 5.92 Å². The topological polar surface area (TPSA) is 73.3 Å². The molecular weight excluding hydrogens is 202 g/mol. The first-order chi connectivity index (χ1) is 7.75. The van der Waals surface area contributed by atoms with E-state index >= 15 is 0 Å². The van der Waals surface area contributed by atoms with Crippen molar-refractivity contribution in [1.82, 2.24) is 5.32 Å². The highest BCUT2D eigenvalue weighted by atomic mass is 16.5. The molecule has 1 heterocycles. The number of hydrogen-bond donors (Lipinski definition) is 3. The lowest BCUT2D eigenvalue weighted by atomic mass is 10.1. The Labute approximate surface area is 96.0 Å². The van der Waals surface area contributed by atoms with Crippen LogP contribution in [0.4, 0.5) is 11.4 Å². The summed E-state index contributed by atoms with van der Waals surface area (Å²) in [7, 11) is 0. The maximum Gasteiger partial charge on any atom is 0.121 e. The standard InChI is InChI=1S/C12H19N3O/c13-11-2-1-10(7-12(11)14)16-6-4-9-3-5-15-8-9/h1-2,7,9,15H,3-6,8,13-14H2. The number of nitrogens with one attached hydrogen (secondary N) is 1. The molecule has 16 heavy (non-hydrogen) atoms. The van der Waals surface area contributed by atoms with Gasteiger partial charge in [-0.05, 0) is 44.0 Å². The van der Waals surface area contributed by atoms with E-state index in [1.807, 2.05) is 6.07 Å². The summed E-state index contributed by atoms with van der Waals surface area (Å²) in [6, 6.07) is 5.42. The van der Waals surface area contributed by atoms with Crippen LogP contribution in [0.15, 0.2) is 18.2 Å². The highest BCUT2D eigenvalue weighted by Crippen LogP contribution is 2.22. The number of rotatable bonds is 4. The van der Waals surface area contributed by atoms with Crippen molar-refractivity contribution in [2.75, 3.05) is 31.2 Å². The molecule has 1 unspecified atom stereocenters. The summed E-state index contributed by atoms with van der Waals surface area (Å²) in [6.07, 6.45) is 2.35. The fraction of sp³-hybridized carbons (Fsp3) is 0.500. The highest BCUT2D eigenvalue weighted by molar-refractivity contribution is 5.65. The fourth-order valence-corrected chi connectivity index (χ4v) is 1.95. The number of ether oxygens (including phenoxy) is 1. The molecule has 1 fully saturated rings. The van der Waals surface area contributed by atoms with Crippen LogP contribution >= 0.6 is 0 Å². The van der Waals surface area contributed by atoms with Gasteiger partial charge in [0.05, 0.1) is 18.0 Å². The molecule has 0 aliphatic carbocycles. The van der Waals surface area contributed by atoms with Gasteiger partial charge in [-0.3, -0.25) is 0 Å². The Morgan fingerprint density at radius 3 is 2.88 bits per heavy atom. The van der Waals surface area contributed by atoms with Crippen LogP contribution in [0.25, 0.3) is 0 Å². The Bertz CT molecular complexity index is 348. The Balaban J connectivity index is 1.78. The van der Waals surface area contributed by atoms with E-state index in [-0.39, 0.29) is 0 Å². The lowest BCUT2D eigenvalue weighted by Gasteiger charge is -2.10. The maximum atomic E-state index is 5.70. The predicted octanol–water partition coefficient (Wildman–Crippen LogP) is 1.23. The quantitative estimate of drug-likeness (QED) is 0.669. The van der Waals surface area contributed by atoms with Crippen LogP contribution in [0.3, 0.4) is 0 Å². The molecule has 0 spiro atoms. The molecule has 5 N–H and O–H groups in total. The zero-order valence-corrected chi connectivity index (χ0v) is 9.41. The maximum absolute atomic E-state index is 5.70. The van der Waals surface area contributed by atoms with E-state index < -0.39 is 0 Å². The van der Waals surface area contributed by atoms with Crippen LogP contribution in [0.2, 0.25) is 0 Å². The average molecular weight is 221 g/mol. The molecule has 0 radical (unpaired) electrons. The average Bonchev–Trinajstić information content (AvgIpc) is 2.76. The summed E-state index contributed by atoms with van der Waals surface area (Å²) >= 11 is 0. The number of nitrogen functional groups attached to an aromatic ring is 2. The Morgan fingerprint density at radius 2 is 2.19 bits per heavy atom. The van der Waals surface area contributed by atoms with E-state index in [1.54, 1.807) is 12.1 Å². The SMILES string of the molecule is Nc1ccc(OCCC2CCNC2)cc1N. The molecule has 2 rings (SSSR count). The first kappa shape index (κ1) is 11.1. The third-order valence-corrected chi connectivity index (χ3v) is 3.02.